The van der Waals surface area contributed by atoms with E-state index in [2.05, 4.69) is 15.6 Å². The van der Waals surface area contributed by atoms with E-state index in [0.29, 0.717) is 11.7 Å². The summed E-state index contributed by atoms with van der Waals surface area (Å²) in [7, 11) is 0. The number of aliphatic carboxylic acids is 1. The third kappa shape index (κ3) is 3.83. The number of carboxylic acids is 1. The van der Waals surface area contributed by atoms with Crippen molar-refractivity contribution in [1.82, 2.24) is 10.3 Å². The molecule has 5 nitrogen and oxygen atoms in total. The fourth-order valence-corrected chi connectivity index (χ4v) is 2.48. The standard InChI is InChI=1S/C11H15N3O2S/c15-10(16)2-1-9-7-17-11(14-9)13-8-3-5-12-6-4-8/h1-2,7-8,12H,3-6H2,(H,13,14)(H,15,16)/b2-1+. The van der Waals surface area contributed by atoms with Crippen molar-refractivity contribution in [2.24, 2.45) is 0 Å². The molecule has 1 saturated heterocycles. The largest absolute Gasteiger partial charge is 0.478 e. The molecule has 2 heterocycles. The average Bonchev–Trinajstić information content (AvgIpc) is 2.75. The summed E-state index contributed by atoms with van der Waals surface area (Å²) in [6.45, 7) is 2.07. The van der Waals surface area contributed by atoms with Gasteiger partial charge in [-0.1, -0.05) is 0 Å². The molecule has 17 heavy (non-hydrogen) atoms. The van der Waals surface area contributed by atoms with Gasteiger partial charge in [-0.25, -0.2) is 9.78 Å². The molecule has 0 atom stereocenters. The lowest BCUT2D eigenvalue weighted by Crippen LogP contribution is -2.35. The number of nitrogens with zero attached hydrogens (tertiary/aromatic N) is 1. The summed E-state index contributed by atoms with van der Waals surface area (Å²) in [5.41, 5.74) is 0.689. The minimum absolute atomic E-state index is 0.471. The SMILES string of the molecule is O=C(O)/C=C/c1csc(NC2CCNCC2)n1. The van der Waals surface area contributed by atoms with Crippen LogP contribution >= 0.6 is 11.3 Å². The first-order valence-corrected chi connectivity index (χ1v) is 6.46. The zero-order valence-electron chi connectivity index (χ0n) is 9.35. The van der Waals surface area contributed by atoms with E-state index in [1.54, 1.807) is 0 Å². The van der Waals surface area contributed by atoms with Crippen molar-refractivity contribution in [2.75, 3.05) is 18.4 Å². The van der Waals surface area contributed by atoms with Gasteiger partial charge in [0, 0.05) is 17.5 Å². The molecular formula is C11H15N3O2S. The van der Waals surface area contributed by atoms with Crippen molar-refractivity contribution in [3.05, 3.63) is 17.2 Å². The van der Waals surface area contributed by atoms with Crippen LogP contribution in [0.2, 0.25) is 0 Å². The molecule has 1 fully saturated rings. The van der Waals surface area contributed by atoms with Gasteiger partial charge in [-0.2, -0.15) is 0 Å². The van der Waals surface area contributed by atoms with Gasteiger partial charge in [0.25, 0.3) is 0 Å². The second-order valence-corrected chi connectivity index (χ2v) is 4.78. The second kappa shape index (κ2) is 5.79. The molecule has 92 valence electrons. The fourth-order valence-electron chi connectivity index (χ4n) is 1.73. The third-order valence-electron chi connectivity index (χ3n) is 2.59. The molecule has 3 N–H and O–H groups in total. The van der Waals surface area contributed by atoms with Crippen LogP contribution in [0.15, 0.2) is 11.5 Å². The smallest absolute Gasteiger partial charge is 0.328 e. The van der Waals surface area contributed by atoms with E-state index in [9.17, 15) is 4.79 Å². The molecule has 1 aliphatic rings. The van der Waals surface area contributed by atoms with Crippen molar-refractivity contribution >= 4 is 28.5 Å². The summed E-state index contributed by atoms with van der Waals surface area (Å²) in [4.78, 5) is 14.7. The number of carbonyl (C=O) groups is 1. The minimum atomic E-state index is -0.953. The monoisotopic (exact) mass is 253 g/mol. The molecule has 0 saturated carbocycles. The fraction of sp³-hybridized carbons (Fsp3) is 0.455. The van der Waals surface area contributed by atoms with E-state index in [1.165, 1.54) is 17.4 Å². The van der Waals surface area contributed by atoms with Crippen LogP contribution in [0.4, 0.5) is 5.13 Å². The molecule has 0 aliphatic carbocycles. The predicted molar refractivity (Wildman–Crippen MR) is 68.3 cm³/mol. The summed E-state index contributed by atoms with van der Waals surface area (Å²) in [6, 6.07) is 0.471. The Morgan fingerprint density at radius 1 is 1.59 bits per heavy atom. The first kappa shape index (κ1) is 12.1. The Morgan fingerprint density at radius 2 is 2.35 bits per heavy atom. The van der Waals surface area contributed by atoms with Crippen LogP contribution < -0.4 is 10.6 Å². The Bertz CT molecular complexity index is 411. The van der Waals surface area contributed by atoms with Crippen molar-refractivity contribution in [1.29, 1.82) is 0 Å². The Balaban J connectivity index is 1.91. The maximum absolute atomic E-state index is 10.4. The molecule has 1 aromatic heterocycles. The first-order chi connectivity index (χ1) is 8.24. The zero-order chi connectivity index (χ0) is 12.1. The van der Waals surface area contributed by atoms with E-state index in [1.807, 2.05) is 5.38 Å². The summed E-state index contributed by atoms with van der Waals surface area (Å²) in [5, 5.41) is 17.9. The van der Waals surface area contributed by atoms with Crippen LogP contribution in [0.5, 0.6) is 0 Å². The van der Waals surface area contributed by atoms with E-state index in [4.69, 9.17) is 5.11 Å². The molecular weight excluding hydrogens is 238 g/mol. The second-order valence-electron chi connectivity index (χ2n) is 3.92. The van der Waals surface area contributed by atoms with Crippen LogP contribution in [0.3, 0.4) is 0 Å². The van der Waals surface area contributed by atoms with Crippen molar-refractivity contribution in [2.45, 2.75) is 18.9 Å². The number of hydrogen-bond acceptors (Lipinski definition) is 5. The predicted octanol–water partition coefficient (Wildman–Crippen LogP) is 1.40. The minimum Gasteiger partial charge on any atom is -0.478 e. The molecule has 0 spiro atoms. The van der Waals surface area contributed by atoms with Gasteiger partial charge >= 0.3 is 5.97 Å². The van der Waals surface area contributed by atoms with Gasteiger partial charge in [0.05, 0.1) is 5.69 Å². The Hall–Kier alpha value is -1.40. The van der Waals surface area contributed by atoms with Crippen LogP contribution in [-0.4, -0.2) is 35.2 Å². The molecule has 1 aliphatic heterocycles. The summed E-state index contributed by atoms with van der Waals surface area (Å²) < 4.78 is 0. The van der Waals surface area contributed by atoms with Gasteiger partial charge in [0.1, 0.15) is 0 Å². The zero-order valence-corrected chi connectivity index (χ0v) is 10.2. The number of hydrogen-bond donors (Lipinski definition) is 3. The Labute approximate surface area is 104 Å². The van der Waals surface area contributed by atoms with Gasteiger partial charge in [-0.15, -0.1) is 11.3 Å². The number of piperidine rings is 1. The molecule has 0 amide bonds. The van der Waals surface area contributed by atoms with Crippen LogP contribution in [0.25, 0.3) is 6.08 Å². The topological polar surface area (TPSA) is 74.2 Å². The van der Waals surface area contributed by atoms with Crippen molar-refractivity contribution in [3.8, 4) is 0 Å². The third-order valence-corrected chi connectivity index (χ3v) is 3.38. The highest BCUT2D eigenvalue weighted by atomic mass is 32.1. The number of thiazole rings is 1. The number of nitrogens with one attached hydrogen (secondary N) is 2. The molecule has 1 aromatic rings. The molecule has 0 unspecified atom stereocenters. The van der Waals surface area contributed by atoms with Crippen molar-refractivity contribution in [3.63, 3.8) is 0 Å². The van der Waals surface area contributed by atoms with E-state index in [-0.39, 0.29) is 0 Å². The number of rotatable bonds is 4. The van der Waals surface area contributed by atoms with E-state index < -0.39 is 5.97 Å². The molecule has 0 bridgehead atoms. The number of anilines is 1. The van der Waals surface area contributed by atoms with E-state index >= 15 is 0 Å². The highest BCUT2D eigenvalue weighted by molar-refractivity contribution is 7.13. The lowest BCUT2D eigenvalue weighted by Gasteiger charge is -2.23. The van der Waals surface area contributed by atoms with Gasteiger partial charge in [0.15, 0.2) is 5.13 Å². The Kier molecular flexibility index (Phi) is 4.11. The van der Waals surface area contributed by atoms with Gasteiger partial charge in [-0.05, 0) is 32.0 Å². The first-order valence-electron chi connectivity index (χ1n) is 5.58. The molecule has 2 rings (SSSR count). The molecule has 0 aromatic carbocycles. The normalized spacial score (nSPS) is 17.4. The van der Waals surface area contributed by atoms with Gasteiger partial charge < -0.3 is 15.7 Å². The molecule has 0 radical (unpaired) electrons. The quantitative estimate of drug-likeness (QED) is 0.707. The lowest BCUT2D eigenvalue weighted by atomic mass is 10.1. The maximum atomic E-state index is 10.4. The van der Waals surface area contributed by atoms with Gasteiger partial charge in [0.2, 0.25) is 0 Å². The van der Waals surface area contributed by atoms with Crippen LogP contribution in [0, 0.1) is 0 Å². The number of aromatic nitrogens is 1. The average molecular weight is 253 g/mol. The number of carboxylic acid groups (broad SMARTS) is 1. The van der Waals surface area contributed by atoms with E-state index in [0.717, 1.165) is 37.1 Å². The van der Waals surface area contributed by atoms with Gasteiger partial charge in [-0.3, -0.25) is 0 Å². The summed E-state index contributed by atoms with van der Waals surface area (Å²) >= 11 is 1.51. The lowest BCUT2D eigenvalue weighted by molar-refractivity contribution is -0.131. The maximum Gasteiger partial charge on any atom is 0.328 e. The highest BCUT2D eigenvalue weighted by Gasteiger charge is 2.13. The van der Waals surface area contributed by atoms with Crippen LogP contribution in [-0.2, 0) is 4.79 Å². The highest BCUT2D eigenvalue weighted by Crippen LogP contribution is 2.19. The van der Waals surface area contributed by atoms with Crippen LogP contribution in [0.1, 0.15) is 18.5 Å². The molecule has 6 heteroatoms. The Morgan fingerprint density at radius 3 is 3.06 bits per heavy atom. The van der Waals surface area contributed by atoms with Crippen molar-refractivity contribution < 1.29 is 9.90 Å². The summed E-state index contributed by atoms with van der Waals surface area (Å²) in [5.74, 6) is -0.953. The summed E-state index contributed by atoms with van der Waals surface area (Å²) in [6.07, 6.45) is 4.80.